The van der Waals surface area contributed by atoms with Crippen molar-refractivity contribution < 1.29 is 9.53 Å². The maximum absolute atomic E-state index is 12.6. The van der Waals surface area contributed by atoms with Gasteiger partial charge in [-0.15, -0.1) is 24.0 Å². The largest absolute Gasteiger partial charge is 0.368 e. The summed E-state index contributed by atoms with van der Waals surface area (Å²) in [5.41, 5.74) is 1.36. The number of nitrogens with one attached hydrogen (secondary N) is 1. The van der Waals surface area contributed by atoms with E-state index >= 15 is 0 Å². The SMILES string of the molecule is CN=C(NCC(c1ccccc1)N1CCCC1)N1CCN(C(=O)C2CCCO2)CC1.I. The molecule has 0 bridgehead atoms. The van der Waals surface area contributed by atoms with Gasteiger partial charge < -0.3 is 19.9 Å². The average molecular weight is 541 g/mol. The summed E-state index contributed by atoms with van der Waals surface area (Å²) in [5, 5.41) is 3.62. The van der Waals surface area contributed by atoms with E-state index in [9.17, 15) is 4.79 Å². The lowest BCUT2D eigenvalue weighted by atomic mass is 10.1. The minimum Gasteiger partial charge on any atom is -0.368 e. The van der Waals surface area contributed by atoms with Crippen LogP contribution in [-0.4, -0.2) is 92.1 Å². The molecule has 1 aromatic carbocycles. The number of amides is 1. The number of hydrogen-bond acceptors (Lipinski definition) is 4. The van der Waals surface area contributed by atoms with E-state index in [1.54, 1.807) is 0 Å². The number of ether oxygens (including phenoxy) is 1. The van der Waals surface area contributed by atoms with Gasteiger partial charge in [0.1, 0.15) is 6.10 Å². The third kappa shape index (κ3) is 6.10. The number of carbonyl (C=O) groups is 1. The summed E-state index contributed by atoms with van der Waals surface area (Å²) in [6.45, 7) is 6.93. The number of rotatable bonds is 5. The first kappa shape index (κ1) is 24.3. The number of likely N-dealkylation sites (tertiary alicyclic amines) is 1. The van der Waals surface area contributed by atoms with Crippen LogP contribution in [0.5, 0.6) is 0 Å². The molecule has 8 heteroatoms. The smallest absolute Gasteiger partial charge is 0.251 e. The van der Waals surface area contributed by atoms with Crippen molar-refractivity contribution in [2.24, 2.45) is 4.99 Å². The van der Waals surface area contributed by atoms with Gasteiger partial charge in [-0.1, -0.05) is 30.3 Å². The topological polar surface area (TPSA) is 60.4 Å². The number of benzene rings is 1. The number of hydrogen-bond donors (Lipinski definition) is 1. The molecule has 0 saturated carbocycles. The Bertz CT molecular complexity index is 712. The van der Waals surface area contributed by atoms with E-state index in [1.807, 2.05) is 11.9 Å². The lowest BCUT2D eigenvalue weighted by molar-refractivity contribution is -0.142. The second-order valence-corrected chi connectivity index (χ2v) is 8.41. The zero-order valence-electron chi connectivity index (χ0n) is 18.5. The van der Waals surface area contributed by atoms with Gasteiger partial charge in [0.2, 0.25) is 0 Å². The highest BCUT2D eigenvalue weighted by Crippen LogP contribution is 2.24. The molecule has 0 aliphatic carbocycles. The molecule has 2 atom stereocenters. The Balaban J connectivity index is 0.00000272. The zero-order chi connectivity index (χ0) is 20.8. The number of halogens is 1. The number of carbonyl (C=O) groups excluding carboxylic acids is 1. The van der Waals surface area contributed by atoms with E-state index in [-0.39, 0.29) is 36.0 Å². The summed E-state index contributed by atoms with van der Waals surface area (Å²) in [5.74, 6) is 1.09. The standard InChI is InChI=1S/C23H35N5O2.HI/c1-24-23(28-15-13-27(14-16-28)22(29)21-10-7-17-30-21)25-18-20(26-11-5-6-12-26)19-8-3-2-4-9-19;/h2-4,8-9,20-21H,5-7,10-18H2,1H3,(H,24,25);1H. The molecule has 4 rings (SSSR count). The lowest BCUT2D eigenvalue weighted by Gasteiger charge is -2.38. The van der Waals surface area contributed by atoms with E-state index in [1.165, 1.54) is 18.4 Å². The lowest BCUT2D eigenvalue weighted by Crippen LogP contribution is -2.55. The van der Waals surface area contributed by atoms with Gasteiger partial charge in [-0.05, 0) is 44.3 Å². The van der Waals surface area contributed by atoms with Crippen molar-refractivity contribution in [2.75, 3.05) is 59.5 Å². The fraction of sp³-hybridized carbons (Fsp3) is 0.652. The molecule has 2 unspecified atom stereocenters. The van der Waals surface area contributed by atoms with E-state index in [4.69, 9.17) is 4.74 Å². The Morgan fingerprint density at radius 3 is 2.35 bits per heavy atom. The van der Waals surface area contributed by atoms with Gasteiger partial charge in [-0.3, -0.25) is 14.7 Å². The molecular formula is C23H36IN5O2. The molecule has 3 aliphatic heterocycles. The van der Waals surface area contributed by atoms with Crippen LogP contribution >= 0.6 is 24.0 Å². The molecular weight excluding hydrogens is 505 g/mol. The molecule has 0 aromatic heterocycles. The van der Waals surface area contributed by atoms with Gasteiger partial charge in [-0.2, -0.15) is 0 Å². The molecule has 0 spiro atoms. The van der Waals surface area contributed by atoms with Gasteiger partial charge in [-0.25, -0.2) is 0 Å². The minimum atomic E-state index is -0.221. The van der Waals surface area contributed by atoms with Crippen molar-refractivity contribution in [1.29, 1.82) is 0 Å². The van der Waals surface area contributed by atoms with Crippen molar-refractivity contribution in [2.45, 2.75) is 37.8 Å². The van der Waals surface area contributed by atoms with Crippen LogP contribution in [0.4, 0.5) is 0 Å². The third-order valence-corrected chi connectivity index (χ3v) is 6.53. The second-order valence-electron chi connectivity index (χ2n) is 8.41. The maximum atomic E-state index is 12.6. The van der Waals surface area contributed by atoms with Gasteiger partial charge >= 0.3 is 0 Å². The molecule has 1 aromatic rings. The molecule has 172 valence electrons. The van der Waals surface area contributed by atoms with Gasteiger partial charge in [0.25, 0.3) is 5.91 Å². The summed E-state index contributed by atoms with van der Waals surface area (Å²) < 4.78 is 5.57. The quantitative estimate of drug-likeness (QED) is 0.353. The molecule has 1 amide bonds. The van der Waals surface area contributed by atoms with Gasteiger partial charge in [0.15, 0.2) is 5.96 Å². The monoisotopic (exact) mass is 541 g/mol. The first-order valence-corrected chi connectivity index (χ1v) is 11.4. The summed E-state index contributed by atoms with van der Waals surface area (Å²) >= 11 is 0. The van der Waals surface area contributed by atoms with E-state index in [0.717, 1.165) is 64.6 Å². The first-order chi connectivity index (χ1) is 14.8. The Hall–Kier alpha value is -1.39. The molecule has 3 heterocycles. The summed E-state index contributed by atoms with van der Waals surface area (Å²) in [6, 6.07) is 11.1. The number of piperazine rings is 1. The Morgan fingerprint density at radius 1 is 1.06 bits per heavy atom. The molecule has 3 aliphatic rings. The van der Waals surface area contributed by atoms with Crippen LogP contribution in [0.15, 0.2) is 35.3 Å². The zero-order valence-corrected chi connectivity index (χ0v) is 20.9. The van der Waals surface area contributed by atoms with Crippen LogP contribution in [-0.2, 0) is 9.53 Å². The highest BCUT2D eigenvalue weighted by Gasteiger charge is 2.31. The fourth-order valence-electron chi connectivity index (χ4n) is 4.82. The van der Waals surface area contributed by atoms with E-state index in [0.29, 0.717) is 12.6 Å². The van der Waals surface area contributed by atoms with Crippen molar-refractivity contribution in [3.63, 3.8) is 0 Å². The molecule has 31 heavy (non-hydrogen) atoms. The first-order valence-electron chi connectivity index (χ1n) is 11.4. The Morgan fingerprint density at radius 2 is 1.74 bits per heavy atom. The van der Waals surface area contributed by atoms with Crippen molar-refractivity contribution in [3.8, 4) is 0 Å². The summed E-state index contributed by atoms with van der Waals surface area (Å²) in [4.78, 5) is 23.9. The second kappa shape index (κ2) is 12.0. The normalized spacial score (nSPS) is 23.5. The van der Waals surface area contributed by atoms with Crippen LogP contribution in [0.1, 0.15) is 37.3 Å². The van der Waals surface area contributed by atoms with E-state index < -0.39 is 0 Å². The predicted molar refractivity (Wildman–Crippen MR) is 134 cm³/mol. The van der Waals surface area contributed by atoms with Gasteiger partial charge in [0.05, 0.1) is 6.04 Å². The molecule has 0 radical (unpaired) electrons. The summed E-state index contributed by atoms with van der Waals surface area (Å²) in [6.07, 6.45) is 4.19. The third-order valence-electron chi connectivity index (χ3n) is 6.53. The van der Waals surface area contributed by atoms with Crippen LogP contribution in [0.2, 0.25) is 0 Å². The highest BCUT2D eigenvalue weighted by atomic mass is 127. The number of aliphatic imine (C=N–C) groups is 1. The molecule has 3 fully saturated rings. The van der Waals surface area contributed by atoms with Crippen molar-refractivity contribution >= 4 is 35.8 Å². The van der Waals surface area contributed by atoms with Crippen molar-refractivity contribution in [3.05, 3.63) is 35.9 Å². The van der Waals surface area contributed by atoms with Crippen molar-refractivity contribution in [1.82, 2.24) is 20.0 Å². The van der Waals surface area contributed by atoms with Crippen LogP contribution < -0.4 is 5.32 Å². The minimum absolute atomic E-state index is 0. The maximum Gasteiger partial charge on any atom is 0.251 e. The number of nitrogens with zero attached hydrogens (tertiary/aromatic N) is 4. The van der Waals surface area contributed by atoms with Gasteiger partial charge in [0, 0.05) is 46.4 Å². The van der Waals surface area contributed by atoms with Crippen LogP contribution in [0.3, 0.4) is 0 Å². The predicted octanol–water partition coefficient (Wildman–Crippen LogP) is 2.34. The number of guanidine groups is 1. The van der Waals surface area contributed by atoms with Crippen LogP contribution in [0, 0.1) is 0 Å². The van der Waals surface area contributed by atoms with Crippen LogP contribution in [0.25, 0.3) is 0 Å². The average Bonchev–Trinajstić information content (AvgIpc) is 3.52. The fourth-order valence-corrected chi connectivity index (χ4v) is 4.82. The Labute approximate surface area is 203 Å². The Kier molecular flexibility index (Phi) is 9.40. The summed E-state index contributed by atoms with van der Waals surface area (Å²) in [7, 11) is 1.85. The molecule has 7 nitrogen and oxygen atoms in total. The molecule has 1 N–H and O–H groups in total. The molecule has 3 saturated heterocycles. The highest BCUT2D eigenvalue weighted by molar-refractivity contribution is 14.0. The van der Waals surface area contributed by atoms with E-state index in [2.05, 4.69) is 50.4 Å².